The summed E-state index contributed by atoms with van der Waals surface area (Å²) in [6.45, 7) is 0.958. The molecule has 0 saturated carbocycles. The van der Waals surface area contributed by atoms with Crippen LogP contribution in [0, 0.1) is 0 Å². The van der Waals surface area contributed by atoms with E-state index in [-0.39, 0.29) is 0 Å². The predicted octanol–water partition coefficient (Wildman–Crippen LogP) is -0.521. The summed E-state index contributed by atoms with van der Waals surface area (Å²) in [5.74, 6) is 0. The van der Waals surface area contributed by atoms with Gasteiger partial charge >= 0.3 is 0 Å². The molecule has 0 spiro atoms. The van der Waals surface area contributed by atoms with Gasteiger partial charge in [0.1, 0.15) is 0 Å². The fourth-order valence-electron chi connectivity index (χ4n) is 0.500. The molecule has 5 nitrogen and oxygen atoms in total. The van der Waals surface area contributed by atoms with E-state index in [0.29, 0.717) is 0 Å². The zero-order chi connectivity index (χ0) is 7.78. The first kappa shape index (κ1) is 7.62. The molecule has 2 N–H and O–H groups in total. The topological polar surface area (TPSA) is 62.7 Å². The lowest BCUT2D eigenvalue weighted by Gasteiger charge is -1.83. The number of aromatic nitrogens is 3. The molecule has 1 aromatic rings. The molecule has 0 aromatic carbocycles. The van der Waals surface area contributed by atoms with Gasteiger partial charge in [0, 0.05) is 12.7 Å². The van der Waals surface area contributed by atoms with Crippen LogP contribution in [-0.4, -0.2) is 22.0 Å². The highest BCUT2D eigenvalue weighted by Gasteiger charge is 1.78. The summed E-state index contributed by atoms with van der Waals surface area (Å²) < 4.78 is 0. The molecule has 1 aliphatic rings. The van der Waals surface area contributed by atoms with Crippen molar-refractivity contribution in [1.29, 1.82) is 0 Å². The van der Waals surface area contributed by atoms with Crippen molar-refractivity contribution in [1.82, 2.24) is 26.3 Å². The molecule has 0 atom stereocenters. The Morgan fingerprint density at radius 1 is 1.18 bits per heavy atom. The number of nitrogens with one attached hydrogen (secondary N) is 2. The minimum absolute atomic E-state index is 0.958. The highest BCUT2D eigenvalue weighted by atomic mass is 15.4. The van der Waals surface area contributed by atoms with E-state index in [9.17, 15) is 0 Å². The smallest absolute Gasteiger partial charge is 0.0529 e. The Hall–Kier alpha value is -1.49. The summed E-state index contributed by atoms with van der Waals surface area (Å²) in [6, 6.07) is 1.72. The van der Waals surface area contributed by atoms with Crippen molar-refractivity contribution in [2.75, 3.05) is 6.54 Å². The van der Waals surface area contributed by atoms with Gasteiger partial charge < -0.3 is 5.43 Å². The zero-order valence-electron chi connectivity index (χ0n) is 5.94. The third kappa shape index (κ3) is 3.99. The molecule has 0 bridgehead atoms. The number of rotatable bonds is 0. The molecule has 2 heterocycles. The molecule has 2 rings (SSSR count). The van der Waals surface area contributed by atoms with Crippen molar-refractivity contribution >= 4 is 0 Å². The Kier molecular flexibility index (Phi) is 3.67. The van der Waals surface area contributed by atoms with Crippen LogP contribution in [0.2, 0.25) is 0 Å². The molecule has 0 aliphatic carbocycles. The monoisotopic (exact) mass is 151 g/mol. The van der Waals surface area contributed by atoms with Crippen LogP contribution < -0.4 is 10.9 Å². The van der Waals surface area contributed by atoms with Crippen LogP contribution in [0.5, 0.6) is 0 Å². The van der Waals surface area contributed by atoms with E-state index >= 15 is 0 Å². The maximum Gasteiger partial charge on any atom is 0.0529 e. The highest BCUT2D eigenvalue weighted by Crippen LogP contribution is 1.67. The van der Waals surface area contributed by atoms with Gasteiger partial charge in [0.25, 0.3) is 0 Å². The van der Waals surface area contributed by atoms with E-state index in [4.69, 9.17) is 0 Å². The summed E-state index contributed by atoms with van der Waals surface area (Å²) in [4.78, 5) is 0. The maximum atomic E-state index is 3.42. The summed E-state index contributed by atoms with van der Waals surface area (Å²) in [5.41, 5.74) is 5.65. The quantitative estimate of drug-likeness (QED) is 0.522. The Balaban J connectivity index is 0.000000112. The first-order valence-electron chi connectivity index (χ1n) is 3.22. The molecular weight excluding hydrogens is 142 g/mol. The second-order valence-electron chi connectivity index (χ2n) is 1.74. The van der Waals surface area contributed by atoms with Crippen molar-refractivity contribution in [3.8, 4) is 0 Å². The van der Waals surface area contributed by atoms with E-state index in [2.05, 4.69) is 26.3 Å². The first-order chi connectivity index (χ1) is 5.50. The Morgan fingerprint density at radius 2 is 2.00 bits per heavy atom. The molecule has 0 amide bonds. The van der Waals surface area contributed by atoms with Gasteiger partial charge in [0.2, 0.25) is 0 Å². The van der Waals surface area contributed by atoms with Crippen LogP contribution in [0.25, 0.3) is 0 Å². The summed E-state index contributed by atoms with van der Waals surface area (Å²) in [5, 5.41) is 10.1. The van der Waals surface area contributed by atoms with Crippen molar-refractivity contribution in [2.24, 2.45) is 0 Å². The van der Waals surface area contributed by atoms with Gasteiger partial charge in [-0.3, -0.25) is 0 Å². The van der Waals surface area contributed by atoms with Crippen LogP contribution >= 0.6 is 0 Å². The number of nitrogens with zero attached hydrogens (tertiary/aromatic N) is 3. The predicted molar refractivity (Wildman–Crippen MR) is 40.1 cm³/mol. The van der Waals surface area contributed by atoms with E-state index in [1.165, 1.54) is 0 Å². The van der Waals surface area contributed by atoms with Crippen LogP contribution in [0.3, 0.4) is 0 Å². The van der Waals surface area contributed by atoms with E-state index in [1.807, 2.05) is 12.3 Å². The van der Waals surface area contributed by atoms with Gasteiger partial charge in [-0.1, -0.05) is 6.08 Å². The molecule has 0 radical (unpaired) electrons. The fraction of sp³-hybridized carbons (Fsp3) is 0.167. The lowest BCUT2D eigenvalue weighted by atomic mass is 10.7. The molecule has 0 unspecified atom stereocenters. The summed E-state index contributed by atoms with van der Waals surface area (Å²) >= 11 is 0. The van der Waals surface area contributed by atoms with E-state index in [0.717, 1.165) is 6.54 Å². The molecule has 11 heavy (non-hydrogen) atoms. The van der Waals surface area contributed by atoms with Gasteiger partial charge in [-0.15, -0.1) is 10.2 Å². The number of hydrogen-bond donors (Lipinski definition) is 2. The minimum Gasteiger partial charge on any atom is -0.329 e. The molecule has 1 aromatic heterocycles. The van der Waals surface area contributed by atoms with E-state index in [1.54, 1.807) is 18.5 Å². The third-order valence-corrected chi connectivity index (χ3v) is 0.932. The standard InChI is InChI=1S/C3H3N3.C3H6N2/c1-2-4-6-5-3-1;1-2-4-5-3-1/h1-3H;1-2,4-5H,3H2. The van der Waals surface area contributed by atoms with Gasteiger partial charge in [-0.25, -0.2) is 5.43 Å². The molecule has 5 heteroatoms. The Morgan fingerprint density at radius 3 is 2.18 bits per heavy atom. The summed E-state index contributed by atoms with van der Waals surface area (Å²) in [6.07, 6.45) is 7.04. The van der Waals surface area contributed by atoms with Gasteiger partial charge in [0.15, 0.2) is 0 Å². The first-order valence-corrected chi connectivity index (χ1v) is 3.22. The van der Waals surface area contributed by atoms with Crippen molar-refractivity contribution in [3.05, 3.63) is 30.7 Å². The van der Waals surface area contributed by atoms with Crippen molar-refractivity contribution < 1.29 is 0 Å². The lowest BCUT2D eigenvalue weighted by Crippen LogP contribution is -2.19. The van der Waals surface area contributed by atoms with Crippen molar-refractivity contribution in [3.63, 3.8) is 0 Å². The Bertz CT molecular complexity index is 165. The van der Waals surface area contributed by atoms with Crippen LogP contribution in [0.15, 0.2) is 30.7 Å². The van der Waals surface area contributed by atoms with Crippen molar-refractivity contribution in [2.45, 2.75) is 0 Å². The van der Waals surface area contributed by atoms with E-state index < -0.39 is 0 Å². The maximum absolute atomic E-state index is 3.42. The minimum atomic E-state index is 0.958. The zero-order valence-corrected chi connectivity index (χ0v) is 5.94. The molecule has 0 fully saturated rings. The molecule has 0 saturated heterocycles. The largest absolute Gasteiger partial charge is 0.329 e. The van der Waals surface area contributed by atoms with Crippen LogP contribution in [0.4, 0.5) is 0 Å². The Labute approximate surface area is 64.5 Å². The van der Waals surface area contributed by atoms with Crippen LogP contribution in [-0.2, 0) is 0 Å². The third-order valence-electron chi connectivity index (χ3n) is 0.932. The highest BCUT2D eigenvalue weighted by molar-refractivity contribution is 4.85. The second kappa shape index (κ2) is 5.31. The fourth-order valence-corrected chi connectivity index (χ4v) is 0.500. The van der Waals surface area contributed by atoms with Gasteiger partial charge in [0.05, 0.1) is 12.4 Å². The average molecular weight is 151 g/mol. The van der Waals surface area contributed by atoms with Gasteiger partial charge in [-0.2, -0.15) is 0 Å². The molecule has 58 valence electrons. The second-order valence-corrected chi connectivity index (χ2v) is 1.74. The SMILES string of the molecule is C1=CNNC1.c1cnnnc1. The lowest BCUT2D eigenvalue weighted by molar-refractivity contribution is 0.727. The summed E-state index contributed by atoms with van der Waals surface area (Å²) in [7, 11) is 0. The molecule has 1 aliphatic heterocycles. The van der Waals surface area contributed by atoms with Gasteiger partial charge in [-0.05, 0) is 11.3 Å². The normalized spacial score (nSPS) is 13.1. The van der Waals surface area contributed by atoms with Crippen LogP contribution in [0.1, 0.15) is 0 Å². The number of hydrazine groups is 1. The molecular formula is C6H9N5. The number of hydrogen-bond acceptors (Lipinski definition) is 5. The average Bonchev–Trinajstić information content (AvgIpc) is 2.64.